The van der Waals surface area contributed by atoms with E-state index in [1.807, 2.05) is 6.08 Å². The van der Waals surface area contributed by atoms with Gasteiger partial charge in [-0.15, -0.1) is 6.58 Å². The zero-order valence-corrected chi connectivity index (χ0v) is 9.75. The van der Waals surface area contributed by atoms with Gasteiger partial charge in [-0.1, -0.05) is 13.0 Å². The van der Waals surface area contributed by atoms with Gasteiger partial charge in [-0.2, -0.15) is 0 Å². The van der Waals surface area contributed by atoms with Crippen LogP contribution < -0.4 is 5.32 Å². The highest BCUT2D eigenvalue weighted by Gasteiger charge is 2.13. The summed E-state index contributed by atoms with van der Waals surface area (Å²) in [5.41, 5.74) is 0.699. The number of halogens is 1. The minimum atomic E-state index is -0.236. The lowest BCUT2D eigenvalue weighted by molar-refractivity contribution is 0.475. The quantitative estimate of drug-likeness (QED) is 0.716. The van der Waals surface area contributed by atoms with Crippen molar-refractivity contribution in [1.82, 2.24) is 10.3 Å². The highest BCUT2D eigenvalue weighted by molar-refractivity contribution is 5.17. The molecule has 0 amide bonds. The Kier molecular flexibility index (Phi) is 5.72. The molecule has 1 rings (SSSR count). The molecule has 0 aliphatic rings. The molecule has 16 heavy (non-hydrogen) atoms. The molecule has 0 radical (unpaired) electrons. The van der Waals surface area contributed by atoms with Crippen molar-refractivity contribution < 1.29 is 4.39 Å². The third-order valence-electron chi connectivity index (χ3n) is 2.48. The Morgan fingerprint density at radius 1 is 1.62 bits per heavy atom. The molecule has 0 saturated heterocycles. The van der Waals surface area contributed by atoms with Crippen LogP contribution in [-0.2, 0) is 0 Å². The maximum Gasteiger partial charge on any atom is 0.146 e. The number of pyridine rings is 1. The van der Waals surface area contributed by atoms with Gasteiger partial charge in [-0.25, -0.2) is 4.39 Å². The van der Waals surface area contributed by atoms with E-state index in [9.17, 15) is 4.39 Å². The summed E-state index contributed by atoms with van der Waals surface area (Å²) >= 11 is 0. The second kappa shape index (κ2) is 7.12. The molecular weight excluding hydrogens is 203 g/mol. The Balaban J connectivity index is 2.74. The molecule has 0 spiro atoms. The molecule has 1 N–H and O–H groups in total. The lowest BCUT2D eigenvalue weighted by Crippen LogP contribution is -2.23. The summed E-state index contributed by atoms with van der Waals surface area (Å²) < 4.78 is 13.6. The van der Waals surface area contributed by atoms with E-state index in [0.29, 0.717) is 5.56 Å². The van der Waals surface area contributed by atoms with Gasteiger partial charge in [0.25, 0.3) is 0 Å². The van der Waals surface area contributed by atoms with Gasteiger partial charge in [-0.3, -0.25) is 4.98 Å². The van der Waals surface area contributed by atoms with Crippen LogP contribution in [-0.4, -0.2) is 11.5 Å². The van der Waals surface area contributed by atoms with E-state index in [2.05, 4.69) is 23.8 Å². The largest absolute Gasteiger partial charge is 0.310 e. The summed E-state index contributed by atoms with van der Waals surface area (Å²) in [7, 11) is 0. The monoisotopic (exact) mass is 222 g/mol. The summed E-state index contributed by atoms with van der Waals surface area (Å²) in [5, 5.41) is 3.35. The average Bonchev–Trinajstić information content (AvgIpc) is 2.31. The van der Waals surface area contributed by atoms with Crippen LogP contribution in [0.5, 0.6) is 0 Å². The minimum Gasteiger partial charge on any atom is -0.310 e. The first kappa shape index (κ1) is 12.8. The predicted molar refractivity (Wildman–Crippen MR) is 64.7 cm³/mol. The van der Waals surface area contributed by atoms with Crippen LogP contribution in [0.25, 0.3) is 0 Å². The van der Waals surface area contributed by atoms with Crippen molar-refractivity contribution >= 4 is 0 Å². The van der Waals surface area contributed by atoms with E-state index in [1.54, 1.807) is 12.3 Å². The van der Waals surface area contributed by atoms with E-state index in [-0.39, 0.29) is 11.9 Å². The molecule has 1 heterocycles. The zero-order valence-electron chi connectivity index (χ0n) is 9.75. The van der Waals surface area contributed by atoms with Crippen molar-refractivity contribution in [2.24, 2.45) is 0 Å². The number of nitrogens with one attached hydrogen (secondary N) is 1. The van der Waals surface area contributed by atoms with Gasteiger partial charge in [0.15, 0.2) is 0 Å². The molecule has 0 fully saturated rings. The molecule has 1 unspecified atom stereocenters. The first-order valence-corrected chi connectivity index (χ1v) is 5.73. The number of hydrogen-bond acceptors (Lipinski definition) is 2. The van der Waals surface area contributed by atoms with Gasteiger partial charge in [-0.05, 0) is 31.9 Å². The van der Waals surface area contributed by atoms with Gasteiger partial charge >= 0.3 is 0 Å². The van der Waals surface area contributed by atoms with Crippen molar-refractivity contribution in [2.75, 3.05) is 6.54 Å². The lowest BCUT2D eigenvalue weighted by atomic mass is 10.0. The zero-order chi connectivity index (χ0) is 11.8. The molecule has 3 heteroatoms. The Morgan fingerprint density at radius 2 is 2.44 bits per heavy atom. The number of aromatic nitrogens is 1. The number of nitrogens with zero attached hydrogens (tertiary/aromatic N) is 1. The fourth-order valence-electron chi connectivity index (χ4n) is 1.64. The fourth-order valence-corrected chi connectivity index (χ4v) is 1.64. The maximum atomic E-state index is 13.6. The topological polar surface area (TPSA) is 24.9 Å². The number of hydrogen-bond donors (Lipinski definition) is 1. The lowest BCUT2D eigenvalue weighted by Gasteiger charge is -2.18. The van der Waals surface area contributed by atoms with Gasteiger partial charge in [0, 0.05) is 17.8 Å². The van der Waals surface area contributed by atoms with Crippen molar-refractivity contribution in [3.8, 4) is 0 Å². The van der Waals surface area contributed by atoms with Crippen molar-refractivity contribution in [3.05, 3.63) is 42.5 Å². The number of allylic oxidation sites excluding steroid dienone is 1. The van der Waals surface area contributed by atoms with Crippen LogP contribution in [0, 0.1) is 5.82 Å². The minimum absolute atomic E-state index is 0.0564. The highest BCUT2D eigenvalue weighted by Crippen LogP contribution is 2.20. The summed E-state index contributed by atoms with van der Waals surface area (Å²) in [6.45, 7) is 6.69. The molecule has 88 valence electrons. The smallest absolute Gasteiger partial charge is 0.146 e. The van der Waals surface area contributed by atoms with Crippen molar-refractivity contribution in [1.29, 1.82) is 0 Å². The summed E-state index contributed by atoms with van der Waals surface area (Å²) in [5.74, 6) is -0.236. The standard InChI is InChI=1S/C13H19FN2/c1-3-5-6-13(16-8-4-2)11-7-9-15-10-12(11)14/h3,7,9-10,13,16H,1,4-6,8H2,2H3. The summed E-state index contributed by atoms with van der Waals surface area (Å²) in [6, 6.07) is 1.80. The first-order chi connectivity index (χ1) is 7.79. The van der Waals surface area contributed by atoms with Crippen LogP contribution in [0.3, 0.4) is 0 Å². The van der Waals surface area contributed by atoms with E-state index in [0.717, 1.165) is 25.8 Å². The molecule has 1 atom stereocenters. The summed E-state index contributed by atoms with van der Waals surface area (Å²) in [6.07, 6.45) is 7.54. The molecule has 2 nitrogen and oxygen atoms in total. The predicted octanol–water partition coefficient (Wildman–Crippen LogP) is 3.23. The van der Waals surface area contributed by atoms with Crippen LogP contribution in [0.1, 0.15) is 37.8 Å². The Labute approximate surface area is 96.6 Å². The fraction of sp³-hybridized carbons (Fsp3) is 0.462. The molecule has 0 aliphatic heterocycles. The van der Waals surface area contributed by atoms with E-state index < -0.39 is 0 Å². The average molecular weight is 222 g/mol. The molecule has 0 aromatic carbocycles. The molecule has 0 aliphatic carbocycles. The van der Waals surface area contributed by atoms with Crippen LogP contribution >= 0.6 is 0 Å². The summed E-state index contributed by atoms with van der Waals surface area (Å²) in [4.78, 5) is 3.76. The molecular formula is C13H19FN2. The Bertz CT molecular complexity index is 325. The van der Waals surface area contributed by atoms with Gasteiger partial charge < -0.3 is 5.32 Å². The second-order valence-electron chi connectivity index (χ2n) is 3.77. The number of rotatable bonds is 7. The van der Waals surface area contributed by atoms with Gasteiger partial charge in [0.2, 0.25) is 0 Å². The van der Waals surface area contributed by atoms with Crippen molar-refractivity contribution in [2.45, 2.75) is 32.2 Å². The maximum absolute atomic E-state index is 13.6. The normalized spacial score (nSPS) is 12.4. The SMILES string of the molecule is C=CCCC(NCCC)c1ccncc1F. The van der Waals surface area contributed by atoms with E-state index in [4.69, 9.17) is 0 Å². The van der Waals surface area contributed by atoms with E-state index >= 15 is 0 Å². The first-order valence-electron chi connectivity index (χ1n) is 5.73. The van der Waals surface area contributed by atoms with Gasteiger partial charge in [0.1, 0.15) is 5.82 Å². The third-order valence-corrected chi connectivity index (χ3v) is 2.48. The highest BCUT2D eigenvalue weighted by atomic mass is 19.1. The second-order valence-corrected chi connectivity index (χ2v) is 3.77. The Hall–Kier alpha value is -1.22. The Morgan fingerprint density at radius 3 is 3.06 bits per heavy atom. The van der Waals surface area contributed by atoms with Crippen LogP contribution in [0.15, 0.2) is 31.1 Å². The third kappa shape index (κ3) is 3.74. The molecule has 0 saturated carbocycles. The van der Waals surface area contributed by atoms with E-state index in [1.165, 1.54) is 6.20 Å². The van der Waals surface area contributed by atoms with Crippen molar-refractivity contribution in [3.63, 3.8) is 0 Å². The van der Waals surface area contributed by atoms with Crippen LogP contribution in [0.2, 0.25) is 0 Å². The van der Waals surface area contributed by atoms with Gasteiger partial charge in [0.05, 0.1) is 6.20 Å². The molecule has 0 bridgehead atoms. The molecule has 1 aromatic heterocycles. The molecule has 1 aromatic rings. The van der Waals surface area contributed by atoms with Crippen LogP contribution in [0.4, 0.5) is 4.39 Å².